The molecule has 1 unspecified atom stereocenters. The van der Waals surface area contributed by atoms with Crippen molar-refractivity contribution in [3.63, 3.8) is 0 Å². The predicted molar refractivity (Wildman–Crippen MR) is 75.4 cm³/mol. The fourth-order valence-corrected chi connectivity index (χ4v) is 2.81. The molecule has 3 rings (SSSR count). The molecular formula is C17H17F2N. The largest absolute Gasteiger partial charge is 0.320 e. The molecule has 20 heavy (non-hydrogen) atoms. The van der Waals surface area contributed by atoms with Gasteiger partial charge < -0.3 is 5.73 Å². The van der Waals surface area contributed by atoms with Gasteiger partial charge in [0, 0.05) is 5.56 Å². The maximum absolute atomic E-state index is 13.9. The highest BCUT2D eigenvalue weighted by Gasteiger charge is 2.25. The molecule has 0 aromatic heterocycles. The van der Waals surface area contributed by atoms with Crippen molar-refractivity contribution in [2.75, 3.05) is 0 Å². The van der Waals surface area contributed by atoms with E-state index in [4.69, 9.17) is 5.73 Å². The topological polar surface area (TPSA) is 26.0 Å². The average molecular weight is 273 g/mol. The zero-order valence-corrected chi connectivity index (χ0v) is 11.2. The van der Waals surface area contributed by atoms with Crippen LogP contribution in [0, 0.1) is 11.6 Å². The second-order valence-corrected chi connectivity index (χ2v) is 5.40. The summed E-state index contributed by atoms with van der Waals surface area (Å²) in [5.41, 5.74) is 8.50. The first kappa shape index (κ1) is 13.3. The molecule has 0 radical (unpaired) electrons. The van der Waals surface area contributed by atoms with Crippen molar-refractivity contribution >= 4 is 0 Å². The van der Waals surface area contributed by atoms with Gasteiger partial charge in [0.1, 0.15) is 11.6 Å². The van der Waals surface area contributed by atoms with Crippen LogP contribution < -0.4 is 5.73 Å². The highest BCUT2D eigenvalue weighted by Crippen LogP contribution is 2.40. The molecule has 0 spiro atoms. The van der Waals surface area contributed by atoms with Crippen molar-refractivity contribution < 1.29 is 8.78 Å². The Balaban J connectivity index is 2.01. The quantitative estimate of drug-likeness (QED) is 0.887. The zero-order valence-electron chi connectivity index (χ0n) is 11.2. The van der Waals surface area contributed by atoms with Gasteiger partial charge in [-0.1, -0.05) is 30.7 Å². The molecule has 1 fully saturated rings. The predicted octanol–water partition coefficient (Wildman–Crippen LogP) is 4.28. The van der Waals surface area contributed by atoms with E-state index in [0.717, 1.165) is 30.5 Å². The molecule has 1 aliphatic carbocycles. The Kier molecular flexibility index (Phi) is 3.53. The second kappa shape index (κ2) is 5.33. The van der Waals surface area contributed by atoms with Gasteiger partial charge >= 0.3 is 0 Å². The minimum absolute atomic E-state index is 0.219. The standard InChI is InChI=1S/C17H17F2N/c18-12-8-9-16(19)15(10-12)17(20)14-7-2-1-6-13(14)11-4-3-5-11/h1-2,6-11,17H,3-5,20H2. The van der Waals surface area contributed by atoms with Gasteiger partial charge in [-0.25, -0.2) is 8.78 Å². The summed E-state index contributed by atoms with van der Waals surface area (Å²) in [6.45, 7) is 0. The van der Waals surface area contributed by atoms with E-state index in [9.17, 15) is 8.78 Å². The Hall–Kier alpha value is -1.74. The lowest BCUT2D eigenvalue weighted by molar-refractivity contribution is 0.416. The van der Waals surface area contributed by atoms with Crippen molar-refractivity contribution in [1.82, 2.24) is 0 Å². The summed E-state index contributed by atoms with van der Waals surface area (Å²) in [6.07, 6.45) is 3.52. The number of benzene rings is 2. The summed E-state index contributed by atoms with van der Waals surface area (Å²) in [6, 6.07) is 10.7. The van der Waals surface area contributed by atoms with Crippen LogP contribution in [-0.2, 0) is 0 Å². The molecule has 1 atom stereocenters. The van der Waals surface area contributed by atoms with Gasteiger partial charge in [-0.3, -0.25) is 0 Å². The number of halogens is 2. The minimum Gasteiger partial charge on any atom is -0.320 e. The molecule has 104 valence electrons. The van der Waals surface area contributed by atoms with Gasteiger partial charge in [-0.2, -0.15) is 0 Å². The van der Waals surface area contributed by atoms with Crippen LogP contribution >= 0.6 is 0 Å². The van der Waals surface area contributed by atoms with E-state index in [-0.39, 0.29) is 5.56 Å². The SMILES string of the molecule is NC(c1cc(F)ccc1F)c1ccccc1C1CCC1. The molecule has 0 heterocycles. The smallest absolute Gasteiger partial charge is 0.128 e. The van der Waals surface area contributed by atoms with E-state index in [2.05, 4.69) is 6.07 Å². The van der Waals surface area contributed by atoms with E-state index < -0.39 is 17.7 Å². The van der Waals surface area contributed by atoms with Crippen molar-refractivity contribution in [3.8, 4) is 0 Å². The third kappa shape index (κ3) is 2.34. The van der Waals surface area contributed by atoms with Crippen molar-refractivity contribution in [2.24, 2.45) is 5.73 Å². The summed E-state index contributed by atoms with van der Waals surface area (Å²) in [5.74, 6) is -0.408. The van der Waals surface area contributed by atoms with Crippen LogP contribution in [0.5, 0.6) is 0 Å². The number of hydrogen-bond donors (Lipinski definition) is 1. The molecule has 0 saturated heterocycles. The first-order chi connectivity index (χ1) is 9.66. The van der Waals surface area contributed by atoms with E-state index in [0.29, 0.717) is 5.92 Å². The van der Waals surface area contributed by atoms with Gasteiger partial charge in [0.25, 0.3) is 0 Å². The van der Waals surface area contributed by atoms with Gasteiger partial charge in [-0.15, -0.1) is 0 Å². The number of rotatable bonds is 3. The fraction of sp³-hybridized carbons (Fsp3) is 0.294. The highest BCUT2D eigenvalue weighted by atomic mass is 19.1. The molecule has 0 amide bonds. The van der Waals surface area contributed by atoms with E-state index in [1.807, 2.05) is 18.2 Å². The Morgan fingerprint density at radius 3 is 2.45 bits per heavy atom. The molecule has 1 nitrogen and oxygen atoms in total. The number of nitrogens with two attached hydrogens (primary N) is 1. The Morgan fingerprint density at radius 1 is 1.00 bits per heavy atom. The van der Waals surface area contributed by atoms with Crippen LogP contribution in [0.4, 0.5) is 8.78 Å². The van der Waals surface area contributed by atoms with Gasteiger partial charge in [0.15, 0.2) is 0 Å². The lowest BCUT2D eigenvalue weighted by atomic mass is 9.76. The average Bonchev–Trinajstić information content (AvgIpc) is 2.39. The van der Waals surface area contributed by atoms with Crippen LogP contribution in [0.2, 0.25) is 0 Å². The lowest BCUT2D eigenvalue weighted by Crippen LogP contribution is -2.19. The third-order valence-electron chi connectivity index (χ3n) is 4.17. The Bertz CT molecular complexity index is 620. The first-order valence-corrected chi connectivity index (χ1v) is 6.96. The molecule has 0 bridgehead atoms. The summed E-state index contributed by atoms with van der Waals surface area (Å²) in [4.78, 5) is 0. The molecule has 2 aromatic rings. The third-order valence-corrected chi connectivity index (χ3v) is 4.17. The summed E-state index contributed by atoms with van der Waals surface area (Å²) in [5, 5.41) is 0. The highest BCUT2D eigenvalue weighted by molar-refractivity contribution is 5.40. The lowest BCUT2D eigenvalue weighted by Gasteiger charge is -2.29. The molecule has 2 aromatic carbocycles. The van der Waals surface area contributed by atoms with E-state index in [1.165, 1.54) is 18.1 Å². The fourth-order valence-electron chi connectivity index (χ4n) is 2.81. The Morgan fingerprint density at radius 2 is 1.75 bits per heavy atom. The van der Waals surface area contributed by atoms with Crippen LogP contribution in [0.25, 0.3) is 0 Å². The number of hydrogen-bond acceptors (Lipinski definition) is 1. The van der Waals surface area contributed by atoms with Gasteiger partial charge in [0.2, 0.25) is 0 Å². The normalized spacial score (nSPS) is 16.8. The van der Waals surface area contributed by atoms with E-state index >= 15 is 0 Å². The minimum atomic E-state index is -0.623. The Labute approximate surface area is 117 Å². The molecule has 0 aliphatic heterocycles. The van der Waals surface area contributed by atoms with Gasteiger partial charge in [-0.05, 0) is 48.1 Å². The van der Waals surface area contributed by atoms with Crippen LogP contribution in [0.15, 0.2) is 42.5 Å². The summed E-state index contributed by atoms with van der Waals surface area (Å²) < 4.78 is 27.2. The van der Waals surface area contributed by atoms with Crippen molar-refractivity contribution in [3.05, 3.63) is 70.8 Å². The second-order valence-electron chi connectivity index (χ2n) is 5.40. The monoisotopic (exact) mass is 273 g/mol. The van der Waals surface area contributed by atoms with Crippen LogP contribution in [-0.4, -0.2) is 0 Å². The molecule has 3 heteroatoms. The molecule has 1 aliphatic rings. The molecule has 2 N–H and O–H groups in total. The molecular weight excluding hydrogens is 256 g/mol. The molecule has 1 saturated carbocycles. The van der Waals surface area contributed by atoms with Crippen LogP contribution in [0.3, 0.4) is 0 Å². The summed E-state index contributed by atoms with van der Waals surface area (Å²) in [7, 11) is 0. The zero-order chi connectivity index (χ0) is 14.1. The van der Waals surface area contributed by atoms with Crippen molar-refractivity contribution in [2.45, 2.75) is 31.2 Å². The maximum Gasteiger partial charge on any atom is 0.128 e. The summed E-state index contributed by atoms with van der Waals surface area (Å²) >= 11 is 0. The maximum atomic E-state index is 13.9. The van der Waals surface area contributed by atoms with Crippen molar-refractivity contribution in [1.29, 1.82) is 0 Å². The first-order valence-electron chi connectivity index (χ1n) is 6.96. The van der Waals surface area contributed by atoms with E-state index in [1.54, 1.807) is 0 Å². The van der Waals surface area contributed by atoms with Gasteiger partial charge in [0.05, 0.1) is 6.04 Å². The van der Waals surface area contributed by atoms with Crippen LogP contribution in [0.1, 0.15) is 47.9 Å².